The first-order valence-electron chi connectivity index (χ1n) is 8.04. The molecule has 0 aliphatic heterocycles. The van der Waals surface area contributed by atoms with Crippen molar-refractivity contribution in [3.8, 4) is 11.4 Å². The second-order valence-corrected chi connectivity index (χ2v) is 8.23. The first-order chi connectivity index (χ1) is 12.3. The first-order valence-corrected chi connectivity index (χ1v) is 10.5. The summed E-state index contributed by atoms with van der Waals surface area (Å²) in [5.74, 6) is 0.291. The second-order valence-electron chi connectivity index (χ2n) is 5.35. The fourth-order valence-electron chi connectivity index (χ4n) is 2.38. The number of ether oxygens (including phenoxy) is 1. The average molecular weight is 399 g/mol. The summed E-state index contributed by atoms with van der Waals surface area (Å²) in [7, 11) is -0.462. The molecule has 0 aliphatic carbocycles. The Morgan fingerprint density at radius 1 is 1.27 bits per heavy atom. The Labute approximate surface area is 157 Å². The quantitative estimate of drug-likeness (QED) is 0.494. The van der Waals surface area contributed by atoms with Crippen molar-refractivity contribution < 1.29 is 17.9 Å². The highest BCUT2D eigenvalue weighted by Gasteiger charge is 2.22. The Morgan fingerprint density at radius 2 is 1.96 bits per heavy atom. The van der Waals surface area contributed by atoms with Crippen LogP contribution in [0.25, 0.3) is 11.4 Å². The molecule has 0 spiro atoms. The van der Waals surface area contributed by atoms with E-state index < -0.39 is 10.0 Å². The minimum atomic E-state index is -3.55. The molecule has 0 N–H and O–H groups in total. The molecule has 0 unspecified atom stereocenters. The molecule has 0 saturated heterocycles. The SMILES string of the molecule is CCN(CC)S(=O)(=O)c1cccc(-c2nnc(SCC(=O)OC)n2C)c1. The Bertz CT molecular complexity index is 876. The minimum absolute atomic E-state index is 0.124. The van der Waals surface area contributed by atoms with Crippen LogP contribution in [0, 0.1) is 0 Å². The van der Waals surface area contributed by atoms with Crippen LogP contribution in [0.15, 0.2) is 34.3 Å². The lowest BCUT2D eigenvalue weighted by molar-refractivity contribution is -0.137. The molecule has 0 atom stereocenters. The summed E-state index contributed by atoms with van der Waals surface area (Å²) in [5, 5.41) is 8.74. The molecule has 1 aromatic heterocycles. The summed E-state index contributed by atoms with van der Waals surface area (Å²) < 4.78 is 33.1. The van der Waals surface area contributed by atoms with Gasteiger partial charge in [-0.25, -0.2) is 8.42 Å². The van der Waals surface area contributed by atoms with Crippen LogP contribution >= 0.6 is 11.8 Å². The number of carbonyl (C=O) groups is 1. The average Bonchev–Trinajstić information content (AvgIpc) is 3.01. The zero-order chi connectivity index (χ0) is 19.3. The molecule has 0 amide bonds. The monoisotopic (exact) mass is 398 g/mol. The van der Waals surface area contributed by atoms with Gasteiger partial charge in [0.05, 0.1) is 17.8 Å². The van der Waals surface area contributed by atoms with Crippen LogP contribution in [-0.4, -0.2) is 59.4 Å². The number of rotatable bonds is 8. The second kappa shape index (κ2) is 8.65. The van der Waals surface area contributed by atoms with Crippen molar-refractivity contribution in [2.75, 3.05) is 26.0 Å². The Hall–Kier alpha value is -1.91. The van der Waals surface area contributed by atoms with Crippen LogP contribution in [-0.2, 0) is 26.6 Å². The van der Waals surface area contributed by atoms with E-state index in [4.69, 9.17) is 0 Å². The summed E-state index contributed by atoms with van der Waals surface area (Å²) in [6, 6.07) is 6.62. The summed E-state index contributed by atoms with van der Waals surface area (Å²) in [6.45, 7) is 4.42. The van der Waals surface area contributed by atoms with Crippen molar-refractivity contribution >= 4 is 27.8 Å². The van der Waals surface area contributed by atoms with Gasteiger partial charge in [0.25, 0.3) is 0 Å². The van der Waals surface area contributed by atoms with Gasteiger partial charge in [-0.3, -0.25) is 4.79 Å². The van der Waals surface area contributed by atoms with E-state index in [2.05, 4.69) is 14.9 Å². The van der Waals surface area contributed by atoms with E-state index in [1.807, 2.05) is 0 Å². The molecule has 10 heteroatoms. The Morgan fingerprint density at radius 3 is 2.58 bits per heavy atom. The third-order valence-corrected chi connectivity index (χ3v) is 6.86. The van der Waals surface area contributed by atoms with E-state index >= 15 is 0 Å². The largest absolute Gasteiger partial charge is 0.468 e. The molecular weight excluding hydrogens is 376 g/mol. The Balaban J connectivity index is 2.34. The lowest BCUT2D eigenvalue weighted by atomic mass is 10.2. The van der Waals surface area contributed by atoms with E-state index in [1.54, 1.807) is 49.7 Å². The molecule has 2 aromatic rings. The summed E-state index contributed by atoms with van der Waals surface area (Å²) in [6.07, 6.45) is 0. The van der Waals surface area contributed by atoms with Gasteiger partial charge in [-0.2, -0.15) is 4.31 Å². The predicted octanol–water partition coefficient (Wildman–Crippen LogP) is 1.78. The smallest absolute Gasteiger partial charge is 0.316 e. The van der Waals surface area contributed by atoms with E-state index in [1.165, 1.54) is 23.2 Å². The van der Waals surface area contributed by atoms with Crippen LogP contribution < -0.4 is 0 Å². The molecule has 1 aromatic carbocycles. The highest BCUT2D eigenvalue weighted by Crippen LogP contribution is 2.25. The number of esters is 1. The van der Waals surface area contributed by atoms with Gasteiger partial charge in [-0.1, -0.05) is 37.7 Å². The fourth-order valence-corrected chi connectivity index (χ4v) is 4.63. The van der Waals surface area contributed by atoms with Gasteiger partial charge in [0.15, 0.2) is 11.0 Å². The molecular formula is C16H22N4O4S2. The van der Waals surface area contributed by atoms with Crippen LogP contribution in [0.2, 0.25) is 0 Å². The standard InChI is InChI=1S/C16H22N4O4S2/c1-5-20(6-2)26(22,23)13-9-7-8-12(10-13)15-17-18-16(19(15)3)25-11-14(21)24-4/h7-10H,5-6,11H2,1-4H3. The van der Waals surface area contributed by atoms with E-state index in [0.29, 0.717) is 29.6 Å². The molecule has 8 nitrogen and oxygen atoms in total. The number of nitrogens with zero attached hydrogens (tertiary/aromatic N) is 4. The van der Waals surface area contributed by atoms with Crippen molar-refractivity contribution in [3.05, 3.63) is 24.3 Å². The van der Waals surface area contributed by atoms with Gasteiger partial charge in [0.2, 0.25) is 10.0 Å². The highest BCUT2D eigenvalue weighted by molar-refractivity contribution is 7.99. The van der Waals surface area contributed by atoms with Crippen LogP contribution in [0.5, 0.6) is 0 Å². The van der Waals surface area contributed by atoms with Crippen molar-refractivity contribution in [1.82, 2.24) is 19.1 Å². The van der Waals surface area contributed by atoms with Crippen LogP contribution in [0.3, 0.4) is 0 Å². The first kappa shape index (κ1) is 20.4. The molecule has 0 bridgehead atoms. The molecule has 26 heavy (non-hydrogen) atoms. The third-order valence-electron chi connectivity index (χ3n) is 3.82. The van der Waals surface area contributed by atoms with E-state index in [-0.39, 0.29) is 16.6 Å². The molecule has 0 fully saturated rings. The van der Waals surface area contributed by atoms with Gasteiger partial charge >= 0.3 is 5.97 Å². The van der Waals surface area contributed by atoms with Crippen molar-refractivity contribution in [3.63, 3.8) is 0 Å². The zero-order valence-electron chi connectivity index (χ0n) is 15.2. The number of hydrogen-bond acceptors (Lipinski definition) is 7. The highest BCUT2D eigenvalue weighted by atomic mass is 32.2. The van der Waals surface area contributed by atoms with E-state index in [9.17, 15) is 13.2 Å². The number of benzene rings is 1. The molecule has 2 rings (SSSR count). The van der Waals surface area contributed by atoms with Gasteiger partial charge in [-0.15, -0.1) is 10.2 Å². The number of aromatic nitrogens is 3. The van der Waals surface area contributed by atoms with Crippen molar-refractivity contribution in [2.24, 2.45) is 7.05 Å². The maximum absolute atomic E-state index is 12.7. The molecule has 0 radical (unpaired) electrons. The number of carbonyl (C=O) groups excluding carboxylic acids is 1. The molecule has 0 saturated carbocycles. The zero-order valence-corrected chi connectivity index (χ0v) is 16.8. The summed E-state index contributed by atoms with van der Waals surface area (Å²) in [5.41, 5.74) is 0.637. The molecule has 1 heterocycles. The molecule has 142 valence electrons. The lowest BCUT2D eigenvalue weighted by Gasteiger charge is -2.18. The maximum atomic E-state index is 12.7. The summed E-state index contributed by atoms with van der Waals surface area (Å²) in [4.78, 5) is 11.5. The van der Waals surface area contributed by atoms with Gasteiger partial charge in [0, 0.05) is 25.7 Å². The maximum Gasteiger partial charge on any atom is 0.316 e. The summed E-state index contributed by atoms with van der Waals surface area (Å²) >= 11 is 1.21. The van der Waals surface area contributed by atoms with Gasteiger partial charge in [0.1, 0.15) is 0 Å². The fraction of sp³-hybridized carbons (Fsp3) is 0.438. The third kappa shape index (κ3) is 4.25. The lowest BCUT2D eigenvalue weighted by Crippen LogP contribution is -2.30. The predicted molar refractivity (Wildman–Crippen MR) is 99.3 cm³/mol. The van der Waals surface area contributed by atoms with Gasteiger partial charge in [-0.05, 0) is 12.1 Å². The number of thioether (sulfide) groups is 1. The Kier molecular flexibility index (Phi) is 6.79. The number of hydrogen-bond donors (Lipinski definition) is 0. The van der Waals surface area contributed by atoms with Crippen molar-refractivity contribution in [2.45, 2.75) is 23.9 Å². The van der Waals surface area contributed by atoms with Gasteiger partial charge < -0.3 is 9.30 Å². The van der Waals surface area contributed by atoms with Crippen molar-refractivity contribution in [1.29, 1.82) is 0 Å². The van der Waals surface area contributed by atoms with Crippen LogP contribution in [0.1, 0.15) is 13.8 Å². The number of sulfonamides is 1. The van der Waals surface area contributed by atoms with Crippen LogP contribution in [0.4, 0.5) is 0 Å². The number of methoxy groups -OCH3 is 1. The normalized spacial score (nSPS) is 11.7. The molecule has 0 aliphatic rings. The van der Waals surface area contributed by atoms with E-state index in [0.717, 1.165) is 0 Å². The topological polar surface area (TPSA) is 94.4 Å². The minimum Gasteiger partial charge on any atom is -0.468 e.